The van der Waals surface area contributed by atoms with Crippen LogP contribution in [0.4, 0.5) is 4.39 Å². The van der Waals surface area contributed by atoms with E-state index in [4.69, 9.17) is 16.9 Å². The minimum Gasteiger partial charge on any atom is -0.254 e. The normalized spacial score (nSPS) is 11.2. The van der Waals surface area contributed by atoms with Crippen molar-refractivity contribution in [2.24, 2.45) is 0 Å². The molecule has 0 unspecified atom stereocenters. The topological polar surface area (TPSA) is 36.7 Å². The second kappa shape index (κ2) is 5.96. The van der Waals surface area contributed by atoms with Crippen molar-refractivity contribution in [1.82, 2.24) is 4.98 Å². The van der Waals surface area contributed by atoms with Crippen molar-refractivity contribution in [2.75, 3.05) is 0 Å². The molecular weight excluding hydrogens is 331 g/mol. The molecule has 0 fully saturated rings. The van der Waals surface area contributed by atoms with Gasteiger partial charge in [0.05, 0.1) is 16.3 Å². The predicted octanol–water partition coefficient (Wildman–Crippen LogP) is 4.70. The fraction of sp³-hybridized carbons (Fsp3) is 0. The molecule has 2 aromatic rings. The van der Waals surface area contributed by atoms with Gasteiger partial charge in [0.25, 0.3) is 0 Å². The van der Waals surface area contributed by atoms with E-state index < -0.39 is 5.82 Å². The maximum Gasteiger partial charge on any atom is 0.149 e. The number of hydrogen-bond donors (Lipinski definition) is 0. The SMILES string of the molecule is N#C/C(=C\c1cccc(Cl)c1F)c1ccc(Br)cn1. The fourth-order valence-corrected chi connectivity index (χ4v) is 1.90. The number of benzene rings is 1. The highest BCUT2D eigenvalue weighted by Crippen LogP contribution is 2.23. The molecule has 0 saturated carbocycles. The van der Waals surface area contributed by atoms with Gasteiger partial charge in [-0.2, -0.15) is 5.26 Å². The molecule has 0 spiro atoms. The van der Waals surface area contributed by atoms with Crippen molar-refractivity contribution in [2.45, 2.75) is 0 Å². The molecule has 0 bridgehead atoms. The third kappa shape index (κ3) is 3.19. The molecule has 0 aliphatic carbocycles. The van der Waals surface area contributed by atoms with E-state index in [-0.39, 0.29) is 16.2 Å². The number of rotatable bonds is 2. The first-order valence-corrected chi connectivity index (χ1v) is 6.46. The molecule has 0 amide bonds. The summed E-state index contributed by atoms with van der Waals surface area (Å²) in [6, 6.07) is 10.1. The largest absolute Gasteiger partial charge is 0.254 e. The standard InChI is InChI=1S/C14H7BrClFN2/c15-11-4-5-13(19-8-11)10(7-18)6-9-2-1-3-12(16)14(9)17/h1-6,8H/b10-6+. The molecule has 94 valence electrons. The maximum absolute atomic E-state index is 13.8. The van der Waals surface area contributed by atoms with Gasteiger partial charge in [-0.15, -0.1) is 0 Å². The molecule has 1 aromatic carbocycles. The van der Waals surface area contributed by atoms with Gasteiger partial charge < -0.3 is 0 Å². The Morgan fingerprint density at radius 3 is 2.79 bits per heavy atom. The summed E-state index contributed by atoms with van der Waals surface area (Å²) >= 11 is 8.96. The molecule has 5 heteroatoms. The van der Waals surface area contributed by atoms with Gasteiger partial charge in [0.2, 0.25) is 0 Å². The van der Waals surface area contributed by atoms with Crippen LogP contribution in [0, 0.1) is 17.1 Å². The summed E-state index contributed by atoms with van der Waals surface area (Å²) in [5.41, 5.74) is 1.01. The Balaban J connectivity index is 2.48. The fourth-order valence-electron chi connectivity index (χ4n) is 1.49. The van der Waals surface area contributed by atoms with Crippen LogP contribution < -0.4 is 0 Å². The van der Waals surface area contributed by atoms with Crippen molar-refractivity contribution in [1.29, 1.82) is 5.26 Å². The van der Waals surface area contributed by atoms with Crippen LogP contribution in [-0.4, -0.2) is 4.98 Å². The average Bonchev–Trinajstić information content (AvgIpc) is 2.42. The molecule has 0 aliphatic heterocycles. The highest BCUT2D eigenvalue weighted by molar-refractivity contribution is 9.10. The van der Waals surface area contributed by atoms with Gasteiger partial charge in [0.15, 0.2) is 0 Å². The molecule has 2 rings (SSSR count). The molecule has 1 heterocycles. The van der Waals surface area contributed by atoms with Crippen LogP contribution in [0.5, 0.6) is 0 Å². The predicted molar refractivity (Wildman–Crippen MR) is 76.8 cm³/mol. The third-order valence-corrected chi connectivity index (χ3v) is 3.17. The van der Waals surface area contributed by atoms with E-state index in [9.17, 15) is 4.39 Å². The lowest BCUT2D eigenvalue weighted by atomic mass is 10.1. The smallest absolute Gasteiger partial charge is 0.149 e. The Morgan fingerprint density at radius 2 is 2.16 bits per heavy atom. The summed E-state index contributed by atoms with van der Waals surface area (Å²) in [6.45, 7) is 0. The van der Waals surface area contributed by atoms with Crippen LogP contribution in [0.1, 0.15) is 11.3 Å². The van der Waals surface area contributed by atoms with Crippen LogP contribution in [0.3, 0.4) is 0 Å². The van der Waals surface area contributed by atoms with E-state index in [0.717, 1.165) is 4.47 Å². The van der Waals surface area contributed by atoms with E-state index in [1.54, 1.807) is 30.5 Å². The molecule has 0 saturated heterocycles. The monoisotopic (exact) mass is 336 g/mol. The van der Waals surface area contributed by atoms with Gasteiger partial charge in [-0.1, -0.05) is 23.7 Å². The summed E-state index contributed by atoms with van der Waals surface area (Å²) < 4.78 is 14.6. The third-order valence-electron chi connectivity index (χ3n) is 2.41. The highest BCUT2D eigenvalue weighted by Gasteiger charge is 2.07. The second-order valence-electron chi connectivity index (χ2n) is 3.67. The molecule has 2 nitrogen and oxygen atoms in total. The lowest BCUT2D eigenvalue weighted by Crippen LogP contribution is -1.89. The molecule has 0 radical (unpaired) electrons. The number of pyridine rings is 1. The van der Waals surface area contributed by atoms with Crippen molar-refractivity contribution in [3.05, 3.63) is 63.1 Å². The summed E-state index contributed by atoms with van der Waals surface area (Å²) in [4.78, 5) is 4.10. The second-order valence-corrected chi connectivity index (χ2v) is 5.00. The summed E-state index contributed by atoms with van der Waals surface area (Å²) in [7, 11) is 0. The number of allylic oxidation sites excluding steroid dienone is 1. The Morgan fingerprint density at radius 1 is 1.37 bits per heavy atom. The highest BCUT2D eigenvalue weighted by atomic mass is 79.9. The number of hydrogen-bond acceptors (Lipinski definition) is 2. The Bertz CT molecular complexity index is 675. The Hall–Kier alpha value is -1.70. The zero-order valence-corrected chi connectivity index (χ0v) is 11.9. The first-order valence-electron chi connectivity index (χ1n) is 5.29. The van der Waals surface area contributed by atoms with E-state index in [1.165, 1.54) is 12.1 Å². The zero-order valence-electron chi connectivity index (χ0n) is 9.57. The lowest BCUT2D eigenvalue weighted by Gasteiger charge is -2.01. The maximum atomic E-state index is 13.8. The lowest BCUT2D eigenvalue weighted by molar-refractivity contribution is 0.625. The Labute approximate surface area is 123 Å². The first-order chi connectivity index (χ1) is 9.11. The molecular formula is C14H7BrClFN2. The molecule has 1 aromatic heterocycles. The van der Waals surface area contributed by atoms with Gasteiger partial charge in [0.1, 0.15) is 11.9 Å². The van der Waals surface area contributed by atoms with Crippen molar-refractivity contribution in [3.8, 4) is 6.07 Å². The van der Waals surface area contributed by atoms with Gasteiger partial charge >= 0.3 is 0 Å². The van der Waals surface area contributed by atoms with Crippen molar-refractivity contribution < 1.29 is 4.39 Å². The quantitative estimate of drug-likeness (QED) is 0.745. The number of nitrogens with zero attached hydrogens (tertiary/aromatic N) is 2. The van der Waals surface area contributed by atoms with E-state index in [2.05, 4.69) is 20.9 Å². The van der Waals surface area contributed by atoms with Crippen LogP contribution in [-0.2, 0) is 0 Å². The van der Waals surface area contributed by atoms with Gasteiger partial charge in [-0.3, -0.25) is 4.98 Å². The first kappa shape index (κ1) is 13.7. The van der Waals surface area contributed by atoms with Crippen LogP contribution in [0.25, 0.3) is 11.6 Å². The van der Waals surface area contributed by atoms with Crippen LogP contribution in [0.15, 0.2) is 41.0 Å². The molecule has 0 atom stereocenters. The molecule has 0 N–H and O–H groups in total. The van der Waals surface area contributed by atoms with Crippen LogP contribution >= 0.6 is 27.5 Å². The number of halogens is 3. The van der Waals surface area contributed by atoms with E-state index in [1.807, 2.05) is 6.07 Å². The van der Waals surface area contributed by atoms with Crippen molar-refractivity contribution >= 4 is 39.2 Å². The van der Waals surface area contributed by atoms with E-state index >= 15 is 0 Å². The summed E-state index contributed by atoms with van der Waals surface area (Å²) in [6.07, 6.45) is 3.01. The van der Waals surface area contributed by atoms with Gasteiger partial charge in [-0.05, 0) is 40.2 Å². The van der Waals surface area contributed by atoms with Gasteiger partial charge in [0, 0.05) is 16.2 Å². The van der Waals surface area contributed by atoms with Crippen LogP contribution in [0.2, 0.25) is 5.02 Å². The minimum atomic E-state index is -0.547. The van der Waals surface area contributed by atoms with Crippen molar-refractivity contribution in [3.63, 3.8) is 0 Å². The number of nitriles is 1. The number of aromatic nitrogens is 1. The average molecular weight is 338 g/mol. The van der Waals surface area contributed by atoms with E-state index in [0.29, 0.717) is 5.69 Å². The summed E-state index contributed by atoms with van der Waals surface area (Å²) in [5, 5.41) is 9.17. The minimum absolute atomic E-state index is 0.0230. The Kier molecular flexibility index (Phi) is 4.31. The van der Waals surface area contributed by atoms with Gasteiger partial charge in [-0.25, -0.2) is 4.39 Å². The summed E-state index contributed by atoms with van der Waals surface area (Å²) in [5.74, 6) is -0.547. The molecule has 0 aliphatic rings. The molecule has 19 heavy (non-hydrogen) atoms. The zero-order chi connectivity index (χ0) is 13.8.